The first-order chi connectivity index (χ1) is 9.02. The predicted molar refractivity (Wildman–Crippen MR) is 64.7 cm³/mol. The van der Waals surface area contributed by atoms with Gasteiger partial charge in [0.15, 0.2) is 0 Å². The molecule has 0 unspecified atom stereocenters. The maximum atomic E-state index is 10.9. The molecule has 0 bridgehead atoms. The van der Waals surface area contributed by atoms with E-state index in [9.17, 15) is 14.7 Å². The number of carboxylic acid groups (broad SMARTS) is 1. The van der Waals surface area contributed by atoms with Gasteiger partial charge in [-0.25, -0.2) is 10.2 Å². The Balaban J connectivity index is 2.74. The number of benzene rings is 1. The minimum absolute atomic E-state index is 0.370. The summed E-state index contributed by atoms with van der Waals surface area (Å²) in [5.41, 5.74) is 3.37. The number of hydrogen-bond donors (Lipinski definition) is 1. The number of ether oxygens (including phenoxy) is 2. The van der Waals surface area contributed by atoms with Crippen LogP contribution in [0.25, 0.3) is 0 Å². The van der Waals surface area contributed by atoms with Crippen LogP contribution >= 0.6 is 0 Å². The Labute approximate surface area is 109 Å². The van der Waals surface area contributed by atoms with E-state index in [0.717, 1.165) is 0 Å². The van der Waals surface area contributed by atoms with Crippen LogP contribution in [0.4, 0.5) is 4.79 Å². The van der Waals surface area contributed by atoms with Gasteiger partial charge in [-0.2, -0.15) is 5.10 Å². The summed E-state index contributed by atoms with van der Waals surface area (Å²) in [6.45, 7) is 1.15. The Kier molecular flexibility index (Phi) is 5.34. The molecule has 0 aliphatic carbocycles. The van der Waals surface area contributed by atoms with Gasteiger partial charge in [-0.05, 0) is 19.1 Å². The van der Waals surface area contributed by atoms with Crippen LogP contribution in [0.1, 0.15) is 12.5 Å². The number of amides is 1. The van der Waals surface area contributed by atoms with E-state index in [-0.39, 0.29) is 0 Å². The van der Waals surface area contributed by atoms with E-state index in [0.29, 0.717) is 17.0 Å². The summed E-state index contributed by atoms with van der Waals surface area (Å²) in [5.74, 6) is -0.933. The average Bonchev–Trinajstić information content (AvgIpc) is 2.42. The number of nitrogens with one attached hydrogen (secondary N) is 1. The summed E-state index contributed by atoms with van der Waals surface area (Å²) in [5, 5.41) is 14.1. The van der Waals surface area contributed by atoms with Gasteiger partial charge >= 0.3 is 6.09 Å². The maximum Gasteiger partial charge on any atom is 0.427 e. The van der Waals surface area contributed by atoms with Crippen molar-refractivity contribution < 1.29 is 24.2 Å². The first-order valence-electron chi connectivity index (χ1n) is 5.34. The molecule has 7 heteroatoms. The standard InChI is InChI=1S/C12H14N2O5/c1-8(13-14-12(17)18-2)9-4-3-5-10(6-9)19-7-11(15)16/h3-6H,7H2,1-2H3,(H,14,17)(H,15,16)/p-1/b13-8-. The fourth-order valence-electron chi connectivity index (χ4n) is 1.19. The molecule has 0 saturated carbocycles. The molecule has 1 N–H and O–H groups in total. The summed E-state index contributed by atoms with van der Waals surface area (Å²) in [6.07, 6.45) is -0.677. The highest BCUT2D eigenvalue weighted by Gasteiger charge is 2.02. The number of rotatable bonds is 5. The second kappa shape index (κ2) is 7.00. The molecule has 1 aromatic rings. The van der Waals surface area contributed by atoms with Gasteiger partial charge in [0.2, 0.25) is 0 Å². The van der Waals surface area contributed by atoms with Crippen LogP contribution in [0.2, 0.25) is 0 Å². The molecule has 102 valence electrons. The van der Waals surface area contributed by atoms with Gasteiger partial charge in [0.05, 0.1) is 18.8 Å². The molecule has 0 radical (unpaired) electrons. The number of hydrogen-bond acceptors (Lipinski definition) is 6. The second-order valence-corrected chi connectivity index (χ2v) is 3.49. The summed E-state index contributed by atoms with van der Waals surface area (Å²) in [4.78, 5) is 21.1. The highest BCUT2D eigenvalue weighted by Crippen LogP contribution is 2.13. The summed E-state index contributed by atoms with van der Waals surface area (Å²) >= 11 is 0. The summed E-state index contributed by atoms with van der Waals surface area (Å²) < 4.78 is 9.35. The fraction of sp³-hybridized carbons (Fsp3) is 0.250. The van der Waals surface area contributed by atoms with Crippen molar-refractivity contribution >= 4 is 17.8 Å². The molecule has 7 nitrogen and oxygen atoms in total. The summed E-state index contributed by atoms with van der Waals surface area (Å²) in [6, 6.07) is 6.62. The fourth-order valence-corrected chi connectivity index (χ4v) is 1.19. The Bertz CT molecular complexity index is 499. The zero-order chi connectivity index (χ0) is 14.3. The molecule has 1 rings (SSSR count). The van der Waals surface area contributed by atoms with E-state index in [1.807, 2.05) is 0 Å². The van der Waals surface area contributed by atoms with Crippen LogP contribution in [-0.2, 0) is 9.53 Å². The van der Waals surface area contributed by atoms with Gasteiger partial charge in [-0.3, -0.25) is 0 Å². The minimum Gasteiger partial charge on any atom is -0.546 e. The first-order valence-corrected chi connectivity index (χ1v) is 5.34. The van der Waals surface area contributed by atoms with Gasteiger partial charge in [0.25, 0.3) is 0 Å². The molecule has 0 aliphatic rings. The molecular formula is C12H13N2O5-. The lowest BCUT2D eigenvalue weighted by Crippen LogP contribution is -2.28. The summed E-state index contributed by atoms with van der Waals surface area (Å²) in [7, 11) is 1.23. The van der Waals surface area contributed by atoms with Crippen molar-refractivity contribution in [2.24, 2.45) is 5.10 Å². The SMILES string of the molecule is COC(=O)N/N=C(/C)c1cccc(OCC(=O)[O-])c1. The van der Waals surface area contributed by atoms with Crippen molar-refractivity contribution in [2.45, 2.75) is 6.92 Å². The Hall–Kier alpha value is -2.57. The highest BCUT2D eigenvalue weighted by atomic mass is 16.5. The zero-order valence-electron chi connectivity index (χ0n) is 10.5. The number of carbonyl (C=O) groups is 2. The van der Waals surface area contributed by atoms with Crippen LogP contribution < -0.4 is 15.3 Å². The quantitative estimate of drug-likeness (QED) is 0.591. The number of hydrazone groups is 1. The third kappa shape index (κ3) is 5.07. The van der Waals surface area contributed by atoms with E-state index < -0.39 is 18.7 Å². The Morgan fingerprint density at radius 1 is 1.42 bits per heavy atom. The van der Waals surface area contributed by atoms with Gasteiger partial charge in [-0.1, -0.05) is 12.1 Å². The molecule has 0 atom stereocenters. The lowest BCUT2D eigenvalue weighted by molar-refractivity contribution is -0.307. The molecule has 1 amide bonds. The molecule has 0 spiro atoms. The minimum atomic E-state index is -1.30. The highest BCUT2D eigenvalue weighted by molar-refractivity contribution is 5.99. The molecule has 0 saturated heterocycles. The second-order valence-electron chi connectivity index (χ2n) is 3.49. The van der Waals surface area contributed by atoms with Crippen molar-refractivity contribution in [3.63, 3.8) is 0 Å². The zero-order valence-corrected chi connectivity index (χ0v) is 10.5. The van der Waals surface area contributed by atoms with Crippen LogP contribution in [0, 0.1) is 0 Å². The van der Waals surface area contributed by atoms with Gasteiger partial charge in [0.1, 0.15) is 12.4 Å². The Morgan fingerprint density at radius 3 is 2.79 bits per heavy atom. The Morgan fingerprint density at radius 2 is 2.16 bits per heavy atom. The normalized spacial score (nSPS) is 10.7. The van der Waals surface area contributed by atoms with Crippen LogP contribution in [-0.4, -0.2) is 31.5 Å². The lowest BCUT2D eigenvalue weighted by Gasteiger charge is -2.08. The van der Waals surface area contributed by atoms with Crippen molar-refractivity contribution in [2.75, 3.05) is 13.7 Å². The number of nitrogens with zero attached hydrogens (tertiary/aromatic N) is 1. The van der Waals surface area contributed by atoms with Crippen molar-refractivity contribution in [3.05, 3.63) is 29.8 Å². The number of carboxylic acids is 1. The van der Waals surface area contributed by atoms with Crippen LogP contribution in [0.15, 0.2) is 29.4 Å². The molecule has 0 fully saturated rings. The number of methoxy groups -OCH3 is 1. The van der Waals surface area contributed by atoms with Crippen molar-refractivity contribution in [1.29, 1.82) is 0 Å². The monoisotopic (exact) mass is 265 g/mol. The van der Waals surface area contributed by atoms with E-state index in [2.05, 4.69) is 15.3 Å². The van der Waals surface area contributed by atoms with Crippen LogP contribution in [0.3, 0.4) is 0 Å². The average molecular weight is 265 g/mol. The smallest absolute Gasteiger partial charge is 0.427 e. The van der Waals surface area contributed by atoms with E-state index >= 15 is 0 Å². The number of aliphatic carboxylic acids is 1. The predicted octanol–water partition coefficient (Wildman–Crippen LogP) is -0.105. The third-order valence-corrected chi connectivity index (χ3v) is 2.11. The largest absolute Gasteiger partial charge is 0.546 e. The van der Waals surface area contributed by atoms with E-state index in [1.165, 1.54) is 7.11 Å². The van der Waals surface area contributed by atoms with Gasteiger partial charge in [-0.15, -0.1) is 0 Å². The third-order valence-electron chi connectivity index (χ3n) is 2.11. The van der Waals surface area contributed by atoms with Crippen molar-refractivity contribution in [3.8, 4) is 5.75 Å². The molecule has 0 heterocycles. The van der Waals surface area contributed by atoms with E-state index in [4.69, 9.17) is 4.74 Å². The number of carbonyl (C=O) groups excluding carboxylic acids is 2. The lowest BCUT2D eigenvalue weighted by atomic mass is 10.1. The molecule has 1 aromatic carbocycles. The van der Waals surface area contributed by atoms with Gasteiger partial charge < -0.3 is 19.4 Å². The molecule has 0 aromatic heterocycles. The van der Waals surface area contributed by atoms with Crippen LogP contribution in [0.5, 0.6) is 5.75 Å². The topological polar surface area (TPSA) is 100 Å². The molecular weight excluding hydrogens is 252 g/mol. The molecule has 19 heavy (non-hydrogen) atoms. The van der Waals surface area contributed by atoms with Gasteiger partial charge in [0, 0.05) is 5.56 Å². The maximum absolute atomic E-state index is 10.9. The van der Waals surface area contributed by atoms with E-state index in [1.54, 1.807) is 31.2 Å². The first kappa shape index (κ1) is 14.5. The van der Waals surface area contributed by atoms with Crippen molar-refractivity contribution in [1.82, 2.24) is 5.43 Å². The molecule has 0 aliphatic heterocycles.